The van der Waals surface area contributed by atoms with Crippen LogP contribution in [-0.4, -0.2) is 16.9 Å². The van der Waals surface area contributed by atoms with E-state index in [1.165, 1.54) is 11.0 Å². The van der Waals surface area contributed by atoms with Crippen LogP contribution in [0.15, 0.2) is 69.1 Å². The normalized spacial score (nSPS) is 15.6. The zero-order chi connectivity index (χ0) is 21.4. The summed E-state index contributed by atoms with van der Waals surface area (Å²) in [5.41, 5.74) is 1.06. The molecule has 1 aromatic heterocycles. The van der Waals surface area contributed by atoms with E-state index in [2.05, 4.69) is 21.2 Å². The molecule has 0 bridgehead atoms. The lowest BCUT2D eigenvalue weighted by molar-refractivity contribution is -0.122. The standard InChI is InChI=1S/C21H11BrCl2N2O3S/c22-11-2-1-3-13(8-11)26-20(28)16(19(27)25-21(26)30)10-14-5-7-18(29-14)15-6-4-12(23)9-17(15)24/h1-10H,(H,25,27,30)/b16-10-. The van der Waals surface area contributed by atoms with E-state index < -0.39 is 11.8 Å². The third-order valence-corrected chi connectivity index (χ3v) is 5.60. The highest BCUT2D eigenvalue weighted by atomic mass is 79.9. The molecule has 1 N–H and O–H groups in total. The van der Waals surface area contributed by atoms with Crippen LogP contribution in [0.1, 0.15) is 5.76 Å². The van der Waals surface area contributed by atoms with Crippen LogP contribution < -0.4 is 10.2 Å². The number of hydrogen-bond donors (Lipinski definition) is 1. The van der Waals surface area contributed by atoms with Gasteiger partial charge in [-0.2, -0.15) is 0 Å². The van der Waals surface area contributed by atoms with E-state index in [-0.39, 0.29) is 10.7 Å². The van der Waals surface area contributed by atoms with Crippen molar-refractivity contribution in [2.24, 2.45) is 0 Å². The van der Waals surface area contributed by atoms with Crippen molar-refractivity contribution in [3.05, 3.63) is 80.4 Å². The number of furan rings is 1. The number of hydrogen-bond acceptors (Lipinski definition) is 4. The van der Waals surface area contributed by atoms with Gasteiger partial charge in [-0.3, -0.25) is 19.8 Å². The SMILES string of the molecule is O=C1NC(=S)N(c2cccc(Br)c2)C(=O)/C1=C\c1ccc(-c2ccc(Cl)cc2Cl)o1. The summed E-state index contributed by atoms with van der Waals surface area (Å²) in [6, 6.07) is 15.4. The molecule has 5 nitrogen and oxygen atoms in total. The summed E-state index contributed by atoms with van der Waals surface area (Å²) in [5.74, 6) is -0.355. The first-order chi connectivity index (χ1) is 14.3. The lowest BCUT2D eigenvalue weighted by Gasteiger charge is -2.28. The molecule has 9 heteroatoms. The number of nitrogens with one attached hydrogen (secondary N) is 1. The zero-order valence-corrected chi connectivity index (χ0v) is 18.9. The molecule has 2 aromatic carbocycles. The van der Waals surface area contributed by atoms with Crippen molar-refractivity contribution in [2.45, 2.75) is 0 Å². The molecule has 0 spiro atoms. The first kappa shape index (κ1) is 20.8. The lowest BCUT2D eigenvalue weighted by atomic mass is 10.1. The van der Waals surface area contributed by atoms with E-state index in [4.69, 9.17) is 39.8 Å². The molecule has 150 valence electrons. The maximum Gasteiger partial charge on any atom is 0.270 e. The minimum Gasteiger partial charge on any atom is -0.457 e. The van der Waals surface area contributed by atoms with Crippen LogP contribution in [-0.2, 0) is 9.59 Å². The van der Waals surface area contributed by atoms with E-state index >= 15 is 0 Å². The zero-order valence-electron chi connectivity index (χ0n) is 15.0. The van der Waals surface area contributed by atoms with Gasteiger partial charge in [-0.05, 0) is 66.8 Å². The van der Waals surface area contributed by atoms with E-state index in [9.17, 15) is 9.59 Å². The van der Waals surface area contributed by atoms with Crippen molar-refractivity contribution < 1.29 is 14.0 Å². The molecule has 3 aromatic rings. The second-order valence-corrected chi connectivity index (χ2v) is 8.41. The molecular formula is C21H11BrCl2N2O3S. The monoisotopic (exact) mass is 520 g/mol. The van der Waals surface area contributed by atoms with Crippen molar-refractivity contribution in [1.82, 2.24) is 5.32 Å². The fourth-order valence-corrected chi connectivity index (χ4v) is 4.08. The highest BCUT2D eigenvalue weighted by Crippen LogP contribution is 2.32. The molecule has 30 heavy (non-hydrogen) atoms. The molecule has 0 unspecified atom stereocenters. The molecule has 0 aliphatic carbocycles. The quantitative estimate of drug-likeness (QED) is 0.267. The second-order valence-electron chi connectivity index (χ2n) is 6.26. The number of rotatable bonds is 3. The summed E-state index contributed by atoms with van der Waals surface area (Å²) in [7, 11) is 0. The Labute approximate surface area is 195 Å². The van der Waals surface area contributed by atoms with Crippen LogP contribution >= 0.6 is 51.3 Å². The van der Waals surface area contributed by atoms with Crippen LogP contribution in [0.5, 0.6) is 0 Å². The topological polar surface area (TPSA) is 62.6 Å². The maximum absolute atomic E-state index is 13.0. The van der Waals surface area contributed by atoms with Crippen LogP contribution in [0.4, 0.5) is 5.69 Å². The highest BCUT2D eigenvalue weighted by molar-refractivity contribution is 9.10. The summed E-state index contributed by atoms with van der Waals surface area (Å²) in [6.07, 6.45) is 1.37. The van der Waals surface area contributed by atoms with Gasteiger partial charge in [0.15, 0.2) is 5.11 Å². The molecule has 0 atom stereocenters. The Bertz CT molecular complexity index is 1240. The summed E-state index contributed by atoms with van der Waals surface area (Å²) in [4.78, 5) is 26.7. The van der Waals surface area contributed by atoms with Gasteiger partial charge in [-0.25, -0.2) is 0 Å². The van der Waals surface area contributed by atoms with Gasteiger partial charge in [-0.15, -0.1) is 0 Å². The predicted octanol–water partition coefficient (Wildman–Crippen LogP) is 5.85. The Balaban J connectivity index is 1.69. The number of amides is 2. The molecule has 1 saturated heterocycles. The number of carbonyl (C=O) groups excluding carboxylic acids is 2. The van der Waals surface area contributed by atoms with Crippen molar-refractivity contribution >= 4 is 80.0 Å². The average molecular weight is 522 g/mol. The molecule has 1 aliphatic heterocycles. The molecule has 2 amide bonds. The van der Waals surface area contributed by atoms with Gasteiger partial charge in [0.2, 0.25) is 0 Å². The highest BCUT2D eigenvalue weighted by Gasteiger charge is 2.34. The lowest BCUT2D eigenvalue weighted by Crippen LogP contribution is -2.54. The Kier molecular flexibility index (Phi) is 5.79. The van der Waals surface area contributed by atoms with Gasteiger partial charge in [0, 0.05) is 15.1 Å². The van der Waals surface area contributed by atoms with Gasteiger partial charge < -0.3 is 4.42 Å². The van der Waals surface area contributed by atoms with Gasteiger partial charge in [0.25, 0.3) is 11.8 Å². The van der Waals surface area contributed by atoms with E-state index in [1.807, 2.05) is 6.07 Å². The van der Waals surface area contributed by atoms with Crippen LogP contribution in [0.3, 0.4) is 0 Å². The van der Waals surface area contributed by atoms with Crippen molar-refractivity contribution in [2.75, 3.05) is 4.90 Å². The van der Waals surface area contributed by atoms with Crippen LogP contribution in [0, 0.1) is 0 Å². The average Bonchev–Trinajstić information content (AvgIpc) is 3.13. The minimum absolute atomic E-state index is 0.00771. The first-order valence-corrected chi connectivity index (χ1v) is 10.5. The fourth-order valence-electron chi connectivity index (χ4n) is 2.91. The number of benzene rings is 2. The Morgan fingerprint density at radius 2 is 1.87 bits per heavy atom. The van der Waals surface area contributed by atoms with Gasteiger partial charge in [0.1, 0.15) is 17.1 Å². The summed E-state index contributed by atoms with van der Waals surface area (Å²) >= 11 is 20.7. The summed E-state index contributed by atoms with van der Waals surface area (Å²) in [5, 5.41) is 3.48. The van der Waals surface area contributed by atoms with E-state index in [0.29, 0.717) is 32.8 Å². The van der Waals surface area contributed by atoms with Gasteiger partial charge in [0.05, 0.1) is 10.7 Å². The molecule has 1 aliphatic rings. The summed E-state index contributed by atoms with van der Waals surface area (Å²) in [6.45, 7) is 0. The Morgan fingerprint density at radius 3 is 2.60 bits per heavy atom. The second kappa shape index (κ2) is 8.35. The number of nitrogens with zero attached hydrogens (tertiary/aromatic N) is 1. The van der Waals surface area contributed by atoms with E-state index in [1.54, 1.807) is 48.5 Å². The van der Waals surface area contributed by atoms with E-state index in [0.717, 1.165) is 4.47 Å². The number of anilines is 1. The largest absolute Gasteiger partial charge is 0.457 e. The third-order valence-electron chi connectivity index (χ3n) is 4.28. The van der Waals surface area contributed by atoms with Crippen molar-refractivity contribution in [3.63, 3.8) is 0 Å². The Hall–Kier alpha value is -2.45. The number of halogens is 3. The van der Waals surface area contributed by atoms with Crippen LogP contribution in [0.2, 0.25) is 10.0 Å². The van der Waals surface area contributed by atoms with Gasteiger partial charge in [-0.1, -0.05) is 45.2 Å². The van der Waals surface area contributed by atoms with Crippen molar-refractivity contribution in [3.8, 4) is 11.3 Å². The first-order valence-electron chi connectivity index (χ1n) is 8.56. The predicted molar refractivity (Wildman–Crippen MR) is 125 cm³/mol. The molecule has 1 fully saturated rings. The third kappa shape index (κ3) is 4.06. The van der Waals surface area contributed by atoms with Crippen LogP contribution in [0.25, 0.3) is 17.4 Å². The fraction of sp³-hybridized carbons (Fsp3) is 0. The molecule has 0 radical (unpaired) electrons. The minimum atomic E-state index is -0.598. The number of thiocarbonyl (C=S) groups is 1. The molecular weight excluding hydrogens is 511 g/mol. The molecule has 0 saturated carbocycles. The molecule has 4 rings (SSSR count). The summed E-state index contributed by atoms with van der Waals surface area (Å²) < 4.78 is 6.55. The number of carbonyl (C=O) groups is 2. The van der Waals surface area contributed by atoms with Gasteiger partial charge >= 0.3 is 0 Å². The maximum atomic E-state index is 13.0. The Morgan fingerprint density at radius 1 is 1.07 bits per heavy atom. The smallest absolute Gasteiger partial charge is 0.270 e. The van der Waals surface area contributed by atoms with Crippen molar-refractivity contribution in [1.29, 1.82) is 0 Å². The molecule has 2 heterocycles.